The van der Waals surface area contributed by atoms with E-state index in [-0.39, 0.29) is 23.7 Å². The van der Waals surface area contributed by atoms with Crippen LogP contribution < -0.4 is 5.32 Å². The normalized spacial score (nSPS) is 20.0. The minimum Gasteiger partial charge on any atom is -0.356 e. The van der Waals surface area contributed by atoms with Crippen molar-refractivity contribution in [2.45, 2.75) is 53.4 Å². The highest BCUT2D eigenvalue weighted by Crippen LogP contribution is 2.35. The van der Waals surface area contributed by atoms with Gasteiger partial charge in [-0.05, 0) is 36.3 Å². The summed E-state index contributed by atoms with van der Waals surface area (Å²) in [7, 11) is 0. The minimum absolute atomic E-state index is 0.0753. The van der Waals surface area contributed by atoms with Crippen molar-refractivity contribution >= 4 is 11.8 Å². The molecule has 0 bridgehead atoms. The number of nitrogens with one attached hydrogen (secondary N) is 1. The summed E-state index contributed by atoms with van der Waals surface area (Å²) in [5, 5.41) is 3.10. The Balaban J connectivity index is 2.16. The molecule has 1 heterocycles. The maximum absolute atomic E-state index is 12.9. The Bertz CT molecular complexity index is 624. The van der Waals surface area contributed by atoms with Crippen LogP contribution >= 0.6 is 0 Å². The Kier molecular flexibility index (Phi) is 7.24. The van der Waals surface area contributed by atoms with Crippen LogP contribution in [0.15, 0.2) is 24.3 Å². The van der Waals surface area contributed by atoms with E-state index in [0.717, 1.165) is 6.42 Å². The van der Waals surface area contributed by atoms with Gasteiger partial charge < -0.3 is 10.2 Å². The van der Waals surface area contributed by atoms with E-state index in [4.69, 9.17) is 0 Å². The Morgan fingerprint density at radius 2 is 1.81 bits per heavy atom. The van der Waals surface area contributed by atoms with Gasteiger partial charge in [0.1, 0.15) is 0 Å². The number of amides is 2. The monoisotopic (exact) mass is 358 g/mol. The molecule has 1 saturated heterocycles. The quantitative estimate of drug-likeness (QED) is 0.807. The predicted octanol–water partition coefficient (Wildman–Crippen LogP) is 3.75. The number of aryl methyl sites for hydroxylation is 1. The van der Waals surface area contributed by atoms with E-state index >= 15 is 0 Å². The molecule has 1 N–H and O–H groups in total. The van der Waals surface area contributed by atoms with Crippen LogP contribution in [0, 0.1) is 24.7 Å². The fourth-order valence-electron chi connectivity index (χ4n) is 3.68. The summed E-state index contributed by atoms with van der Waals surface area (Å²) in [6.07, 6.45) is 1.52. The van der Waals surface area contributed by atoms with Crippen LogP contribution in [0.5, 0.6) is 0 Å². The number of benzene rings is 1. The van der Waals surface area contributed by atoms with Gasteiger partial charge in [0.2, 0.25) is 11.8 Å². The van der Waals surface area contributed by atoms with Gasteiger partial charge in [0.25, 0.3) is 0 Å². The van der Waals surface area contributed by atoms with Gasteiger partial charge in [-0.2, -0.15) is 0 Å². The van der Waals surface area contributed by atoms with E-state index in [1.165, 1.54) is 11.1 Å². The van der Waals surface area contributed by atoms with Gasteiger partial charge >= 0.3 is 0 Å². The molecule has 0 aromatic heterocycles. The number of carbonyl (C=O) groups is 2. The molecule has 0 spiro atoms. The van der Waals surface area contributed by atoms with Gasteiger partial charge in [0.15, 0.2) is 0 Å². The summed E-state index contributed by atoms with van der Waals surface area (Å²) >= 11 is 0. The highest BCUT2D eigenvalue weighted by Gasteiger charge is 2.40. The average Bonchev–Trinajstić information content (AvgIpc) is 2.99. The van der Waals surface area contributed by atoms with Gasteiger partial charge in [-0.3, -0.25) is 9.59 Å². The number of nitrogens with zero attached hydrogens (tertiary/aromatic N) is 1. The molecule has 4 nitrogen and oxygen atoms in total. The number of hydrogen-bond acceptors (Lipinski definition) is 2. The third kappa shape index (κ3) is 5.33. The summed E-state index contributed by atoms with van der Waals surface area (Å²) in [4.78, 5) is 27.3. The maximum Gasteiger partial charge on any atom is 0.225 e. The molecular formula is C22H34N2O2. The Morgan fingerprint density at radius 3 is 2.42 bits per heavy atom. The van der Waals surface area contributed by atoms with Crippen LogP contribution in [0.3, 0.4) is 0 Å². The number of likely N-dealkylation sites (tertiary alicyclic amines) is 1. The molecule has 4 heteroatoms. The number of hydrogen-bond donors (Lipinski definition) is 1. The Labute approximate surface area is 158 Å². The van der Waals surface area contributed by atoms with Crippen LogP contribution in [0.2, 0.25) is 0 Å². The van der Waals surface area contributed by atoms with Crippen molar-refractivity contribution < 1.29 is 9.59 Å². The van der Waals surface area contributed by atoms with Crippen LogP contribution in [0.1, 0.15) is 57.6 Å². The average molecular weight is 359 g/mol. The second-order valence-electron chi connectivity index (χ2n) is 8.44. The molecule has 26 heavy (non-hydrogen) atoms. The molecule has 1 fully saturated rings. The summed E-state index contributed by atoms with van der Waals surface area (Å²) in [6, 6.07) is 8.23. The first kappa shape index (κ1) is 20.5. The lowest BCUT2D eigenvalue weighted by Crippen LogP contribution is -2.36. The number of carbonyl (C=O) groups excluding carboxylic acids is 2. The van der Waals surface area contributed by atoms with Crippen molar-refractivity contribution in [2.75, 3.05) is 19.6 Å². The molecule has 2 rings (SSSR count). The first-order valence-electron chi connectivity index (χ1n) is 9.90. The zero-order valence-corrected chi connectivity index (χ0v) is 16.9. The van der Waals surface area contributed by atoms with Crippen molar-refractivity contribution in [1.29, 1.82) is 0 Å². The molecule has 2 amide bonds. The summed E-state index contributed by atoms with van der Waals surface area (Å²) in [5.41, 5.74) is 2.38. The van der Waals surface area contributed by atoms with E-state index in [9.17, 15) is 9.59 Å². The predicted molar refractivity (Wildman–Crippen MR) is 106 cm³/mol. The lowest BCUT2D eigenvalue weighted by atomic mass is 9.86. The van der Waals surface area contributed by atoms with E-state index in [1.54, 1.807) is 0 Å². The molecule has 2 atom stereocenters. The van der Waals surface area contributed by atoms with Crippen molar-refractivity contribution in [3.05, 3.63) is 35.4 Å². The van der Waals surface area contributed by atoms with Gasteiger partial charge in [-0.15, -0.1) is 0 Å². The number of rotatable bonds is 7. The van der Waals surface area contributed by atoms with Gasteiger partial charge in [0, 0.05) is 32.0 Å². The minimum atomic E-state index is -0.167. The lowest BCUT2D eigenvalue weighted by Gasteiger charge is -2.20. The topological polar surface area (TPSA) is 49.4 Å². The second kappa shape index (κ2) is 9.20. The molecule has 0 radical (unpaired) electrons. The summed E-state index contributed by atoms with van der Waals surface area (Å²) in [6.45, 7) is 12.4. The fraction of sp³-hybridized carbons (Fsp3) is 0.636. The van der Waals surface area contributed by atoms with E-state index < -0.39 is 0 Å². The Hall–Kier alpha value is -1.84. The SMILES string of the molecule is Cc1ccccc1[C@H]1CN(C(=O)CC(C)C)C[C@@H]1C(=O)NCCC(C)C. The highest BCUT2D eigenvalue weighted by atomic mass is 16.2. The van der Waals surface area contributed by atoms with Gasteiger partial charge in [-0.25, -0.2) is 0 Å². The van der Waals surface area contributed by atoms with Crippen molar-refractivity contribution in [3.63, 3.8) is 0 Å². The lowest BCUT2D eigenvalue weighted by molar-refractivity contribution is -0.131. The highest BCUT2D eigenvalue weighted by molar-refractivity contribution is 5.83. The smallest absolute Gasteiger partial charge is 0.225 e. The van der Waals surface area contributed by atoms with Crippen molar-refractivity contribution in [2.24, 2.45) is 17.8 Å². The van der Waals surface area contributed by atoms with Crippen molar-refractivity contribution in [1.82, 2.24) is 10.2 Å². The zero-order valence-electron chi connectivity index (χ0n) is 16.9. The third-order valence-corrected chi connectivity index (χ3v) is 5.20. The first-order valence-corrected chi connectivity index (χ1v) is 9.90. The van der Waals surface area contributed by atoms with Crippen molar-refractivity contribution in [3.8, 4) is 0 Å². The largest absolute Gasteiger partial charge is 0.356 e. The zero-order chi connectivity index (χ0) is 19.3. The van der Waals surface area contributed by atoms with Crippen LogP contribution in [0.4, 0.5) is 0 Å². The van der Waals surface area contributed by atoms with E-state index in [1.807, 2.05) is 17.0 Å². The van der Waals surface area contributed by atoms with E-state index in [2.05, 4.69) is 52.1 Å². The first-order chi connectivity index (χ1) is 12.3. The molecule has 1 aromatic rings. The second-order valence-corrected chi connectivity index (χ2v) is 8.44. The van der Waals surface area contributed by atoms with Crippen LogP contribution in [0.25, 0.3) is 0 Å². The van der Waals surface area contributed by atoms with Gasteiger partial charge in [-0.1, -0.05) is 52.0 Å². The maximum atomic E-state index is 12.9. The fourth-order valence-corrected chi connectivity index (χ4v) is 3.68. The molecule has 0 saturated carbocycles. The van der Waals surface area contributed by atoms with Crippen LogP contribution in [-0.4, -0.2) is 36.3 Å². The molecule has 1 aliphatic rings. The molecule has 0 aliphatic carbocycles. The third-order valence-electron chi connectivity index (χ3n) is 5.20. The molecule has 144 valence electrons. The molecular weight excluding hydrogens is 324 g/mol. The summed E-state index contributed by atoms with van der Waals surface area (Å²) < 4.78 is 0. The van der Waals surface area contributed by atoms with Crippen LogP contribution in [-0.2, 0) is 9.59 Å². The standard InChI is InChI=1S/C22H34N2O2/c1-15(2)10-11-23-22(26)20-14-24(21(25)12-16(3)4)13-19(20)18-9-7-6-8-17(18)5/h6-9,15-16,19-20H,10-14H2,1-5H3,(H,23,26)/t19-,20+/m1/s1. The Morgan fingerprint density at radius 1 is 1.12 bits per heavy atom. The van der Waals surface area contributed by atoms with Gasteiger partial charge in [0.05, 0.1) is 5.92 Å². The molecule has 1 aromatic carbocycles. The van der Waals surface area contributed by atoms with E-state index in [0.29, 0.717) is 37.9 Å². The summed E-state index contributed by atoms with van der Waals surface area (Å²) in [5.74, 6) is 1.05. The molecule has 1 aliphatic heterocycles. The molecule has 0 unspecified atom stereocenters.